The minimum atomic E-state index is 0.865. The van der Waals surface area contributed by atoms with Crippen LogP contribution in [0.4, 0.5) is 5.82 Å². The van der Waals surface area contributed by atoms with Crippen molar-refractivity contribution in [2.24, 2.45) is 0 Å². The summed E-state index contributed by atoms with van der Waals surface area (Å²) >= 11 is 0. The zero-order chi connectivity index (χ0) is 16.2. The molecule has 0 aliphatic carbocycles. The molecular formula is C19H20N4O. The molecular weight excluding hydrogens is 300 g/mol. The van der Waals surface area contributed by atoms with Crippen molar-refractivity contribution in [1.82, 2.24) is 15.0 Å². The molecule has 0 spiro atoms. The fourth-order valence-electron chi connectivity index (χ4n) is 3.12. The summed E-state index contributed by atoms with van der Waals surface area (Å²) in [6.45, 7) is 4.86. The van der Waals surface area contributed by atoms with Crippen LogP contribution in [0.15, 0.2) is 65.4 Å². The average Bonchev–Trinajstić information content (AvgIpc) is 3.12. The van der Waals surface area contributed by atoms with Gasteiger partial charge in [-0.25, -0.2) is 4.98 Å². The molecule has 3 aromatic rings. The molecule has 0 bridgehead atoms. The van der Waals surface area contributed by atoms with E-state index in [4.69, 9.17) is 4.52 Å². The van der Waals surface area contributed by atoms with Gasteiger partial charge in [-0.05, 0) is 12.1 Å². The molecule has 4 rings (SSSR count). The van der Waals surface area contributed by atoms with Crippen molar-refractivity contribution in [2.45, 2.75) is 6.54 Å². The smallest absolute Gasteiger partial charge is 0.171 e. The van der Waals surface area contributed by atoms with Crippen LogP contribution >= 0.6 is 0 Å². The second-order valence-electron chi connectivity index (χ2n) is 6.00. The van der Waals surface area contributed by atoms with Crippen molar-refractivity contribution in [2.75, 3.05) is 31.1 Å². The van der Waals surface area contributed by atoms with Crippen LogP contribution in [0, 0.1) is 0 Å². The molecule has 1 fully saturated rings. The SMILES string of the molecule is c1ccc(-c2oncc2CN2CCN(c3ccccn3)CC2)cc1. The Balaban J connectivity index is 1.41. The van der Waals surface area contributed by atoms with Crippen molar-refractivity contribution in [3.63, 3.8) is 0 Å². The van der Waals surface area contributed by atoms with Gasteiger partial charge in [-0.2, -0.15) is 0 Å². The third kappa shape index (κ3) is 3.16. The highest BCUT2D eigenvalue weighted by atomic mass is 16.5. The number of anilines is 1. The number of benzene rings is 1. The summed E-state index contributed by atoms with van der Waals surface area (Å²) in [5, 5.41) is 4.00. The van der Waals surface area contributed by atoms with Crippen molar-refractivity contribution in [3.8, 4) is 11.3 Å². The molecule has 5 heteroatoms. The van der Waals surface area contributed by atoms with E-state index < -0.39 is 0 Å². The first kappa shape index (κ1) is 14.9. The Morgan fingerprint density at radius 2 is 1.71 bits per heavy atom. The third-order valence-electron chi connectivity index (χ3n) is 4.42. The van der Waals surface area contributed by atoms with Crippen LogP contribution < -0.4 is 4.90 Å². The van der Waals surface area contributed by atoms with Gasteiger partial charge in [0.15, 0.2) is 5.76 Å². The Hall–Kier alpha value is -2.66. The lowest BCUT2D eigenvalue weighted by molar-refractivity contribution is 0.249. The topological polar surface area (TPSA) is 45.4 Å². The largest absolute Gasteiger partial charge is 0.356 e. The van der Waals surface area contributed by atoms with Crippen LogP contribution in [0.3, 0.4) is 0 Å². The zero-order valence-corrected chi connectivity index (χ0v) is 13.5. The molecule has 0 unspecified atom stereocenters. The van der Waals surface area contributed by atoms with Crippen LogP contribution in [0.25, 0.3) is 11.3 Å². The van der Waals surface area contributed by atoms with Crippen molar-refractivity contribution < 1.29 is 4.52 Å². The summed E-state index contributed by atoms with van der Waals surface area (Å²) in [6.07, 6.45) is 3.69. The van der Waals surface area contributed by atoms with Crippen molar-refractivity contribution in [1.29, 1.82) is 0 Å². The van der Waals surface area contributed by atoms with Gasteiger partial charge in [0, 0.05) is 50.0 Å². The Bertz CT molecular complexity index is 764. The monoisotopic (exact) mass is 320 g/mol. The molecule has 1 aliphatic rings. The first-order valence-corrected chi connectivity index (χ1v) is 8.27. The Kier molecular flexibility index (Phi) is 4.25. The highest BCUT2D eigenvalue weighted by molar-refractivity contribution is 5.60. The van der Waals surface area contributed by atoms with E-state index in [0.717, 1.165) is 55.4 Å². The minimum Gasteiger partial charge on any atom is -0.356 e. The number of hydrogen-bond donors (Lipinski definition) is 0. The molecule has 0 atom stereocenters. The Morgan fingerprint density at radius 1 is 0.917 bits per heavy atom. The second kappa shape index (κ2) is 6.84. The van der Waals surface area contributed by atoms with E-state index in [1.54, 1.807) is 0 Å². The van der Waals surface area contributed by atoms with Crippen LogP contribution in [-0.4, -0.2) is 41.2 Å². The molecule has 24 heavy (non-hydrogen) atoms. The Labute approximate surface area is 141 Å². The zero-order valence-electron chi connectivity index (χ0n) is 13.5. The van der Waals surface area contributed by atoms with Gasteiger partial charge in [0.2, 0.25) is 0 Å². The lowest BCUT2D eigenvalue weighted by Gasteiger charge is -2.35. The maximum absolute atomic E-state index is 5.49. The molecule has 1 aromatic carbocycles. The summed E-state index contributed by atoms with van der Waals surface area (Å²) in [5.41, 5.74) is 2.23. The summed E-state index contributed by atoms with van der Waals surface area (Å²) in [6, 6.07) is 16.2. The number of pyridine rings is 1. The molecule has 122 valence electrons. The quantitative estimate of drug-likeness (QED) is 0.739. The first-order valence-electron chi connectivity index (χ1n) is 8.27. The number of aromatic nitrogens is 2. The van der Waals surface area contributed by atoms with E-state index >= 15 is 0 Å². The molecule has 0 N–H and O–H groups in total. The van der Waals surface area contributed by atoms with Crippen LogP contribution in [0.5, 0.6) is 0 Å². The van der Waals surface area contributed by atoms with Gasteiger partial charge in [-0.1, -0.05) is 41.6 Å². The number of rotatable bonds is 4. The highest BCUT2D eigenvalue weighted by Crippen LogP contribution is 2.25. The predicted octanol–water partition coefficient (Wildman–Crippen LogP) is 3.06. The van der Waals surface area contributed by atoms with E-state index in [1.807, 2.05) is 42.7 Å². The van der Waals surface area contributed by atoms with Crippen LogP contribution in [0.1, 0.15) is 5.56 Å². The third-order valence-corrected chi connectivity index (χ3v) is 4.42. The lowest BCUT2D eigenvalue weighted by atomic mass is 10.1. The number of nitrogens with zero attached hydrogens (tertiary/aromatic N) is 4. The van der Waals surface area contributed by atoms with Gasteiger partial charge in [0.25, 0.3) is 0 Å². The summed E-state index contributed by atoms with van der Waals surface area (Å²) in [7, 11) is 0. The van der Waals surface area contributed by atoms with Crippen molar-refractivity contribution in [3.05, 3.63) is 66.5 Å². The first-order chi connectivity index (χ1) is 11.9. The number of hydrogen-bond acceptors (Lipinski definition) is 5. The van der Waals surface area contributed by atoms with Gasteiger partial charge < -0.3 is 9.42 Å². The predicted molar refractivity (Wildman–Crippen MR) is 93.7 cm³/mol. The molecule has 0 saturated carbocycles. The molecule has 1 saturated heterocycles. The standard InChI is InChI=1S/C19H20N4O/c1-2-6-16(7-3-1)19-17(14-21-24-19)15-22-10-12-23(13-11-22)18-8-4-5-9-20-18/h1-9,14H,10-13,15H2. The summed E-state index contributed by atoms with van der Waals surface area (Å²) in [5.74, 6) is 1.94. The molecule has 5 nitrogen and oxygen atoms in total. The summed E-state index contributed by atoms with van der Waals surface area (Å²) < 4.78 is 5.49. The average molecular weight is 320 g/mol. The normalized spacial score (nSPS) is 15.6. The minimum absolute atomic E-state index is 0.865. The van der Waals surface area contributed by atoms with Crippen LogP contribution in [-0.2, 0) is 6.54 Å². The van der Waals surface area contributed by atoms with Gasteiger partial charge in [0.05, 0.1) is 6.20 Å². The number of piperazine rings is 1. The fourth-order valence-corrected chi connectivity index (χ4v) is 3.12. The maximum Gasteiger partial charge on any atom is 0.171 e. The molecule has 2 aromatic heterocycles. The maximum atomic E-state index is 5.49. The van der Waals surface area contributed by atoms with E-state index in [1.165, 1.54) is 0 Å². The molecule has 3 heterocycles. The fraction of sp³-hybridized carbons (Fsp3) is 0.263. The van der Waals surface area contributed by atoms with E-state index in [9.17, 15) is 0 Å². The van der Waals surface area contributed by atoms with E-state index in [0.29, 0.717) is 0 Å². The lowest BCUT2D eigenvalue weighted by Crippen LogP contribution is -2.46. The summed E-state index contributed by atoms with van der Waals surface area (Å²) in [4.78, 5) is 9.22. The van der Waals surface area contributed by atoms with E-state index in [-0.39, 0.29) is 0 Å². The van der Waals surface area contributed by atoms with Gasteiger partial charge in [0.1, 0.15) is 5.82 Å². The van der Waals surface area contributed by atoms with Gasteiger partial charge in [-0.15, -0.1) is 0 Å². The Morgan fingerprint density at radius 3 is 2.46 bits per heavy atom. The highest BCUT2D eigenvalue weighted by Gasteiger charge is 2.20. The van der Waals surface area contributed by atoms with Gasteiger partial charge in [-0.3, -0.25) is 4.90 Å². The van der Waals surface area contributed by atoms with Crippen molar-refractivity contribution >= 4 is 5.82 Å². The molecule has 0 radical (unpaired) electrons. The molecule has 0 amide bonds. The van der Waals surface area contributed by atoms with E-state index in [2.05, 4.69) is 38.1 Å². The van der Waals surface area contributed by atoms with Crippen LogP contribution in [0.2, 0.25) is 0 Å². The molecule has 1 aliphatic heterocycles. The van der Waals surface area contributed by atoms with Gasteiger partial charge >= 0.3 is 0 Å². The second-order valence-corrected chi connectivity index (χ2v) is 6.00.